The van der Waals surface area contributed by atoms with E-state index in [-0.39, 0.29) is 11.6 Å². The van der Waals surface area contributed by atoms with Crippen molar-refractivity contribution in [3.05, 3.63) is 82.0 Å². The van der Waals surface area contributed by atoms with Crippen LogP contribution in [0.5, 0.6) is 0 Å². The van der Waals surface area contributed by atoms with Gasteiger partial charge in [0.25, 0.3) is 0 Å². The molecule has 0 aliphatic heterocycles. The fourth-order valence-electron chi connectivity index (χ4n) is 3.16. The summed E-state index contributed by atoms with van der Waals surface area (Å²) in [7, 11) is 0. The Hall–Kier alpha value is -2.48. The Bertz CT molecular complexity index is 786. The highest BCUT2D eigenvalue weighted by Gasteiger charge is 2.36. The average Bonchev–Trinajstić information content (AvgIpc) is 2.75. The van der Waals surface area contributed by atoms with Crippen LogP contribution in [0.4, 0.5) is 0 Å². The van der Waals surface area contributed by atoms with Crippen molar-refractivity contribution in [2.24, 2.45) is 0 Å². The number of allylic oxidation sites excluding steroid dienone is 8. The number of carbonyl (C=O) groups is 2. The quantitative estimate of drug-likeness (QED) is 0.524. The normalized spacial score (nSPS) is 16.1. The Kier molecular flexibility index (Phi) is 8.71. The molecule has 3 aliphatic rings. The Labute approximate surface area is 158 Å². The molecule has 3 aliphatic carbocycles. The number of hydrogen-bond donors (Lipinski definition) is 0. The molecule has 0 radical (unpaired) electrons. The van der Waals surface area contributed by atoms with Gasteiger partial charge in [-0.15, -0.1) is 0 Å². The second-order valence-electron chi connectivity index (χ2n) is 5.20. The number of fused-ring (bicyclic) bond motifs is 3. The minimum Gasteiger partial charge on any atom is -0.289 e. The molecule has 0 spiro atoms. The van der Waals surface area contributed by atoms with Gasteiger partial charge in [-0.1, -0.05) is 90.1 Å². The van der Waals surface area contributed by atoms with E-state index in [9.17, 15) is 9.59 Å². The molecule has 1 aromatic carbocycles. The van der Waals surface area contributed by atoms with Crippen molar-refractivity contribution in [2.45, 2.75) is 54.4 Å². The van der Waals surface area contributed by atoms with Crippen molar-refractivity contribution in [3.8, 4) is 0 Å². The number of Topliss-reactive ketones (excluding diaryl/α,β-unsaturated/α-hetero) is 2. The van der Waals surface area contributed by atoms with Crippen molar-refractivity contribution in [3.63, 3.8) is 0 Å². The summed E-state index contributed by atoms with van der Waals surface area (Å²) in [6.45, 7) is 12.0. The highest BCUT2D eigenvalue weighted by atomic mass is 16.1. The molecule has 138 valence electrons. The molecule has 0 atom stereocenters. The zero-order valence-electron chi connectivity index (χ0n) is 16.8. The number of carbonyl (C=O) groups excluding carboxylic acids is 2. The zero-order chi connectivity index (χ0) is 19.7. The molecule has 0 heterocycles. The maximum Gasteiger partial charge on any atom is 0.194 e. The first kappa shape index (κ1) is 21.6. The first-order valence-corrected chi connectivity index (χ1v) is 9.75. The molecular formula is C24H30O2. The maximum atomic E-state index is 12.7. The van der Waals surface area contributed by atoms with Crippen LogP contribution in [0.3, 0.4) is 0 Å². The van der Waals surface area contributed by atoms with Crippen LogP contribution in [0.2, 0.25) is 0 Å². The predicted octanol–water partition coefficient (Wildman–Crippen LogP) is 6.66. The largest absolute Gasteiger partial charge is 0.289 e. The third kappa shape index (κ3) is 3.85. The van der Waals surface area contributed by atoms with Crippen LogP contribution in [0, 0.1) is 0 Å². The van der Waals surface area contributed by atoms with Gasteiger partial charge in [-0.3, -0.25) is 9.59 Å². The maximum absolute atomic E-state index is 12.7. The summed E-state index contributed by atoms with van der Waals surface area (Å²) in [6.07, 6.45) is 9.46. The van der Waals surface area contributed by atoms with Crippen molar-refractivity contribution >= 4 is 11.6 Å². The molecule has 2 heteroatoms. The highest BCUT2D eigenvalue weighted by molar-refractivity contribution is 6.31. The van der Waals surface area contributed by atoms with E-state index in [1.54, 1.807) is 18.2 Å². The predicted molar refractivity (Wildman–Crippen MR) is 111 cm³/mol. The van der Waals surface area contributed by atoms with E-state index in [4.69, 9.17) is 0 Å². The number of rotatable bonds is 0. The van der Waals surface area contributed by atoms with Crippen molar-refractivity contribution in [2.75, 3.05) is 0 Å². The fourth-order valence-corrected chi connectivity index (χ4v) is 3.16. The lowest BCUT2D eigenvalue weighted by Gasteiger charge is -2.27. The monoisotopic (exact) mass is 350 g/mol. The van der Waals surface area contributed by atoms with E-state index < -0.39 is 0 Å². The number of ketones is 2. The van der Waals surface area contributed by atoms with Crippen molar-refractivity contribution in [1.82, 2.24) is 0 Å². The van der Waals surface area contributed by atoms with Gasteiger partial charge < -0.3 is 0 Å². The Morgan fingerprint density at radius 2 is 1.35 bits per heavy atom. The first-order chi connectivity index (χ1) is 12.8. The molecule has 0 amide bonds. The molecular weight excluding hydrogens is 320 g/mol. The summed E-state index contributed by atoms with van der Waals surface area (Å²) in [5.74, 6) is -0.0290. The summed E-state index contributed by atoms with van der Waals surface area (Å²) in [4.78, 5) is 25.3. The summed E-state index contributed by atoms with van der Waals surface area (Å²) in [5.41, 5.74) is 4.47. The Morgan fingerprint density at radius 3 is 1.96 bits per heavy atom. The van der Waals surface area contributed by atoms with Crippen LogP contribution in [-0.4, -0.2) is 11.6 Å². The van der Waals surface area contributed by atoms with Gasteiger partial charge in [0.1, 0.15) is 0 Å². The van der Waals surface area contributed by atoms with Gasteiger partial charge in [-0.2, -0.15) is 0 Å². The summed E-state index contributed by atoms with van der Waals surface area (Å²) >= 11 is 0. The molecule has 0 saturated carbocycles. The lowest BCUT2D eigenvalue weighted by atomic mass is 9.73. The third-order valence-corrected chi connectivity index (χ3v) is 4.13. The van der Waals surface area contributed by atoms with E-state index in [0.717, 1.165) is 24.0 Å². The molecule has 0 saturated heterocycles. The van der Waals surface area contributed by atoms with Crippen LogP contribution in [0.1, 0.15) is 75.1 Å². The van der Waals surface area contributed by atoms with Gasteiger partial charge >= 0.3 is 0 Å². The molecule has 0 aromatic heterocycles. The highest BCUT2D eigenvalue weighted by Crippen LogP contribution is 2.40. The van der Waals surface area contributed by atoms with Gasteiger partial charge in [-0.25, -0.2) is 0 Å². The minimum atomic E-state index is -0.0173. The van der Waals surface area contributed by atoms with Gasteiger partial charge in [-0.05, 0) is 24.0 Å². The van der Waals surface area contributed by atoms with Gasteiger partial charge in [0.2, 0.25) is 0 Å². The van der Waals surface area contributed by atoms with Crippen LogP contribution >= 0.6 is 0 Å². The molecule has 0 unspecified atom stereocenters. The molecule has 4 rings (SSSR count). The lowest BCUT2D eigenvalue weighted by molar-refractivity contribution is 0.0971. The van der Waals surface area contributed by atoms with E-state index >= 15 is 0 Å². The van der Waals surface area contributed by atoms with Crippen LogP contribution in [0.15, 0.2) is 70.9 Å². The van der Waals surface area contributed by atoms with E-state index in [1.165, 1.54) is 0 Å². The molecule has 0 fully saturated rings. The average molecular weight is 351 g/mol. The van der Waals surface area contributed by atoms with E-state index in [1.807, 2.05) is 71.9 Å². The fraction of sp³-hybridized carbons (Fsp3) is 0.333. The topological polar surface area (TPSA) is 34.1 Å². The molecule has 26 heavy (non-hydrogen) atoms. The summed E-state index contributed by atoms with van der Waals surface area (Å²) in [5, 5.41) is 0. The molecule has 0 N–H and O–H groups in total. The summed E-state index contributed by atoms with van der Waals surface area (Å²) < 4.78 is 0. The standard InChI is InChI=1S/C18H12O2.3C2H6/c19-17-13-7-3-4-8-14(13)18(20)16-12-6-2-1-5-11(12)9-10-15(16)17;3*1-2/h1-5,7-8,10H,6,9H2;3*1-2H3. The van der Waals surface area contributed by atoms with Crippen molar-refractivity contribution < 1.29 is 9.59 Å². The smallest absolute Gasteiger partial charge is 0.194 e. The van der Waals surface area contributed by atoms with E-state index in [2.05, 4.69) is 0 Å². The van der Waals surface area contributed by atoms with Crippen LogP contribution < -0.4 is 0 Å². The van der Waals surface area contributed by atoms with Crippen LogP contribution in [0.25, 0.3) is 0 Å². The first-order valence-electron chi connectivity index (χ1n) is 9.75. The Morgan fingerprint density at radius 1 is 0.769 bits per heavy atom. The number of hydrogen-bond acceptors (Lipinski definition) is 2. The van der Waals surface area contributed by atoms with Crippen molar-refractivity contribution in [1.29, 1.82) is 0 Å². The third-order valence-electron chi connectivity index (χ3n) is 4.13. The zero-order valence-corrected chi connectivity index (χ0v) is 16.8. The molecule has 0 bridgehead atoms. The molecule has 1 aromatic rings. The second-order valence-corrected chi connectivity index (χ2v) is 5.20. The number of benzene rings is 1. The van der Waals surface area contributed by atoms with Gasteiger partial charge in [0, 0.05) is 22.3 Å². The molecule has 2 nitrogen and oxygen atoms in total. The van der Waals surface area contributed by atoms with E-state index in [0.29, 0.717) is 22.3 Å². The van der Waals surface area contributed by atoms with Gasteiger partial charge in [0.05, 0.1) is 0 Å². The summed E-state index contributed by atoms with van der Waals surface area (Å²) in [6, 6.07) is 7.10. The Balaban J connectivity index is 0.000000515. The van der Waals surface area contributed by atoms with Crippen LogP contribution in [-0.2, 0) is 0 Å². The van der Waals surface area contributed by atoms with Gasteiger partial charge in [0.15, 0.2) is 11.6 Å². The minimum absolute atomic E-state index is 0.0117. The second kappa shape index (κ2) is 10.5. The SMILES string of the molecule is CC.CC.CC.O=C1C2=CCC3=CC=CCC3=C2C(=O)c2ccccc21. The lowest BCUT2D eigenvalue weighted by Crippen LogP contribution is -2.26.